The summed E-state index contributed by atoms with van der Waals surface area (Å²) in [5.74, 6) is -0.662. The Morgan fingerprint density at radius 1 is 1.06 bits per heavy atom. The molecule has 1 aromatic carbocycles. The quantitative estimate of drug-likeness (QED) is 0.759. The highest BCUT2D eigenvalue weighted by Crippen LogP contribution is 2.23. The maximum absolute atomic E-state index is 13.6. The second kappa shape index (κ2) is 4.62. The lowest BCUT2D eigenvalue weighted by Crippen LogP contribution is -1.95. The van der Waals surface area contributed by atoms with Crippen molar-refractivity contribution in [2.45, 2.75) is 19.8 Å². The zero-order valence-electron chi connectivity index (χ0n) is 9.74. The van der Waals surface area contributed by atoms with Crippen molar-refractivity contribution in [3.8, 4) is 11.3 Å². The second-order valence-corrected chi connectivity index (χ2v) is 4.23. The molecular formula is C14H13F2N. The highest BCUT2D eigenvalue weighted by molar-refractivity contribution is 5.60. The van der Waals surface area contributed by atoms with E-state index >= 15 is 0 Å². The summed E-state index contributed by atoms with van der Waals surface area (Å²) in [6.45, 7) is 4.02. The monoisotopic (exact) mass is 233 g/mol. The number of benzene rings is 1. The van der Waals surface area contributed by atoms with Crippen molar-refractivity contribution in [3.05, 3.63) is 53.7 Å². The van der Waals surface area contributed by atoms with Crippen LogP contribution in [0.2, 0.25) is 0 Å². The number of hydrogen-bond acceptors (Lipinski definition) is 1. The fourth-order valence-corrected chi connectivity index (χ4v) is 1.62. The predicted molar refractivity (Wildman–Crippen MR) is 63.7 cm³/mol. The summed E-state index contributed by atoms with van der Waals surface area (Å²) in [5, 5.41) is 0. The molecular weight excluding hydrogens is 220 g/mol. The number of aromatic nitrogens is 1. The van der Waals surface area contributed by atoms with Gasteiger partial charge in [-0.05, 0) is 36.2 Å². The third kappa shape index (κ3) is 2.49. The summed E-state index contributed by atoms with van der Waals surface area (Å²) in [6, 6.07) is 8.76. The van der Waals surface area contributed by atoms with Gasteiger partial charge in [0.25, 0.3) is 0 Å². The van der Waals surface area contributed by atoms with Gasteiger partial charge in [0.1, 0.15) is 11.6 Å². The third-order valence-electron chi connectivity index (χ3n) is 2.57. The second-order valence-electron chi connectivity index (χ2n) is 4.23. The zero-order chi connectivity index (χ0) is 12.4. The van der Waals surface area contributed by atoms with Gasteiger partial charge in [0.15, 0.2) is 0 Å². The van der Waals surface area contributed by atoms with Gasteiger partial charge in [-0.15, -0.1) is 0 Å². The van der Waals surface area contributed by atoms with Crippen molar-refractivity contribution in [1.29, 1.82) is 0 Å². The molecule has 0 bridgehead atoms. The zero-order valence-corrected chi connectivity index (χ0v) is 9.74. The van der Waals surface area contributed by atoms with Gasteiger partial charge >= 0.3 is 0 Å². The number of pyridine rings is 1. The summed E-state index contributed by atoms with van der Waals surface area (Å²) >= 11 is 0. The van der Waals surface area contributed by atoms with E-state index in [1.807, 2.05) is 26.0 Å². The lowest BCUT2D eigenvalue weighted by atomic mass is 10.1. The Bertz CT molecular complexity index is 535. The van der Waals surface area contributed by atoms with E-state index in [0.717, 1.165) is 17.8 Å². The van der Waals surface area contributed by atoms with Gasteiger partial charge in [0.05, 0.1) is 5.69 Å². The summed E-state index contributed by atoms with van der Waals surface area (Å²) < 4.78 is 26.7. The average Bonchev–Trinajstić information content (AvgIpc) is 2.32. The Hall–Kier alpha value is -1.77. The molecule has 0 aliphatic heterocycles. The van der Waals surface area contributed by atoms with Crippen LogP contribution in [0.5, 0.6) is 0 Å². The molecule has 0 aliphatic rings. The molecule has 0 atom stereocenters. The maximum Gasteiger partial charge on any atom is 0.132 e. The van der Waals surface area contributed by atoms with Crippen LogP contribution in [-0.2, 0) is 0 Å². The van der Waals surface area contributed by atoms with Crippen LogP contribution in [0.15, 0.2) is 36.4 Å². The molecule has 0 amide bonds. The number of hydrogen-bond donors (Lipinski definition) is 0. The highest BCUT2D eigenvalue weighted by atomic mass is 19.1. The van der Waals surface area contributed by atoms with E-state index in [4.69, 9.17) is 0 Å². The molecule has 0 radical (unpaired) electrons. The number of nitrogens with zero attached hydrogens (tertiary/aromatic N) is 1. The van der Waals surface area contributed by atoms with Gasteiger partial charge in [-0.2, -0.15) is 0 Å². The van der Waals surface area contributed by atoms with Crippen LogP contribution in [0.3, 0.4) is 0 Å². The van der Waals surface area contributed by atoms with Gasteiger partial charge < -0.3 is 0 Å². The Morgan fingerprint density at radius 3 is 2.53 bits per heavy atom. The first kappa shape index (κ1) is 11.7. The minimum atomic E-state index is -0.460. The molecule has 0 aliphatic carbocycles. The normalized spacial score (nSPS) is 10.9. The topological polar surface area (TPSA) is 12.9 Å². The van der Waals surface area contributed by atoms with Crippen molar-refractivity contribution in [2.75, 3.05) is 0 Å². The summed E-state index contributed by atoms with van der Waals surface area (Å²) in [5.41, 5.74) is 1.53. The minimum Gasteiger partial charge on any atom is -0.252 e. The molecule has 3 heteroatoms. The van der Waals surface area contributed by atoms with Crippen LogP contribution in [0.4, 0.5) is 8.78 Å². The number of halogens is 2. The fraction of sp³-hybridized carbons (Fsp3) is 0.214. The standard InChI is InChI=1S/C14H13F2N/c1-9(2)13-4-3-5-14(17-13)11-8-10(15)6-7-12(11)16/h3-9H,1-2H3. The first-order chi connectivity index (χ1) is 8.08. The first-order valence-corrected chi connectivity index (χ1v) is 5.50. The first-order valence-electron chi connectivity index (χ1n) is 5.50. The molecule has 0 spiro atoms. The molecule has 1 heterocycles. The van der Waals surface area contributed by atoms with Crippen LogP contribution < -0.4 is 0 Å². The average molecular weight is 233 g/mol. The molecule has 88 valence electrons. The van der Waals surface area contributed by atoms with Crippen LogP contribution in [0, 0.1) is 11.6 Å². The van der Waals surface area contributed by atoms with Crippen LogP contribution >= 0.6 is 0 Å². The molecule has 2 aromatic rings. The lowest BCUT2D eigenvalue weighted by molar-refractivity contribution is 0.602. The van der Waals surface area contributed by atoms with E-state index < -0.39 is 11.6 Å². The van der Waals surface area contributed by atoms with Crippen LogP contribution in [0.1, 0.15) is 25.5 Å². The molecule has 1 aromatic heterocycles. The molecule has 0 fully saturated rings. The molecule has 1 nitrogen and oxygen atoms in total. The van der Waals surface area contributed by atoms with E-state index in [9.17, 15) is 8.78 Å². The Balaban J connectivity index is 2.52. The van der Waals surface area contributed by atoms with Gasteiger partial charge in [-0.1, -0.05) is 19.9 Å². The van der Waals surface area contributed by atoms with E-state index in [0.29, 0.717) is 5.69 Å². The van der Waals surface area contributed by atoms with E-state index in [2.05, 4.69) is 4.98 Å². The van der Waals surface area contributed by atoms with Crippen molar-refractivity contribution >= 4 is 0 Å². The smallest absolute Gasteiger partial charge is 0.132 e. The highest BCUT2D eigenvalue weighted by Gasteiger charge is 2.09. The Labute approximate surface area is 99.1 Å². The fourth-order valence-electron chi connectivity index (χ4n) is 1.62. The predicted octanol–water partition coefficient (Wildman–Crippen LogP) is 4.15. The molecule has 0 saturated carbocycles. The van der Waals surface area contributed by atoms with E-state index in [1.165, 1.54) is 6.07 Å². The Morgan fingerprint density at radius 2 is 1.82 bits per heavy atom. The molecule has 2 rings (SSSR count). The van der Waals surface area contributed by atoms with Crippen molar-refractivity contribution in [1.82, 2.24) is 4.98 Å². The van der Waals surface area contributed by atoms with E-state index in [1.54, 1.807) is 6.07 Å². The maximum atomic E-state index is 13.6. The largest absolute Gasteiger partial charge is 0.252 e. The molecule has 0 N–H and O–H groups in total. The van der Waals surface area contributed by atoms with Gasteiger partial charge in [0.2, 0.25) is 0 Å². The van der Waals surface area contributed by atoms with Crippen LogP contribution in [0.25, 0.3) is 11.3 Å². The SMILES string of the molecule is CC(C)c1cccc(-c2cc(F)ccc2F)n1. The summed E-state index contributed by atoms with van der Waals surface area (Å²) in [7, 11) is 0. The summed E-state index contributed by atoms with van der Waals surface area (Å²) in [4.78, 5) is 4.34. The summed E-state index contributed by atoms with van der Waals surface area (Å²) in [6.07, 6.45) is 0. The van der Waals surface area contributed by atoms with Crippen molar-refractivity contribution < 1.29 is 8.78 Å². The number of rotatable bonds is 2. The molecule has 0 saturated heterocycles. The van der Waals surface area contributed by atoms with Crippen molar-refractivity contribution in [2.24, 2.45) is 0 Å². The molecule has 17 heavy (non-hydrogen) atoms. The lowest BCUT2D eigenvalue weighted by Gasteiger charge is -2.08. The Kier molecular flexibility index (Phi) is 3.18. The molecule has 0 unspecified atom stereocenters. The van der Waals surface area contributed by atoms with Crippen LogP contribution in [-0.4, -0.2) is 4.98 Å². The van der Waals surface area contributed by atoms with Crippen molar-refractivity contribution in [3.63, 3.8) is 0 Å². The minimum absolute atomic E-state index is 0.201. The third-order valence-corrected chi connectivity index (χ3v) is 2.57. The van der Waals surface area contributed by atoms with Gasteiger partial charge in [0, 0.05) is 11.3 Å². The van der Waals surface area contributed by atoms with Gasteiger partial charge in [-0.25, -0.2) is 8.78 Å². The van der Waals surface area contributed by atoms with E-state index in [-0.39, 0.29) is 11.5 Å². The van der Waals surface area contributed by atoms with Gasteiger partial charge in [-0.3, -0.25) is 4.98 Å².